The molecule has 0 aliphatic rings. The summed E-state index contributed by atoms with van der Waals surface area (Å²) in [7, 11) is 0. The van der Waals surface area contributed by atoms with E-state index in [1.54, 1.807) is 0 Å². The molecular weight excluding hydrogens is 276 g/mol. The molecule has 1 aromatic carbocycles. The maximum absolute atomic E-state index is 2.31. The first kappa shape index (κ1) is 20.0. The van der Waals surface area contributed by atoms with Crippen molar-refractivity contribution in [1.82, 2.24) is 0 Å². The minimum absolute atomic E-state index is 1.23. The summed E-state index contributed by atoms with van der Waals surface area (Å²) in [6.07, 6.45) is 17.7. The second kappa shape index (κ2) is 12.4. The zero-order chi connectivity index (χ0) is 16.9. The molecule has 0 unspecified atom stereocenters. The highest BCUT2D eigenvalue weighted by Gasteiger charge is 2.05. The Labute approximate surface area is 145 Å². The molecule has 0 aromatic heterocycles. The van der Waals surface area contributed by atoms with Gasteiger partial charge in [0.1, 0.15) is 0 Å². The lowest BCUT2D eigenvalue weighted by Gasteiger charge is -2.12. The van der Waals surface area contributed by atoms with Crippen LogP contribution in [0, 0.1) is 13.8 Å². The van der Waals surface area contributed by atoms with Gasteiger partial charge in [0.05, 0.1) is 0 Å². The van der Waals surface area contributed by atoms with E-state index in [1.807, 2.05) is 0 Å². The van der Waals surface area contributed by atoms with E-state index in [9.17, 15) is 0 Å². The van der Waals surface area contributed by atoms with Crippen LogP contribution in [0.2, 0.25) is 0 Å². The Balaban J connectivity index is 2.18. The Hall–Kier alpha value is -1.04. The van der Waals surface area contributed by atoms with Crippen molar-refractivity contribution >= 4 is 5.57 Å². The largest absolute Gasteiger partial charge is 0.0838 e. The molecule has 0 N–H and O–H groups in total. The van der Waals surface area contributed by atoms with Gasteiger partial charge in [-0.15, -0.1) is 0 Å². The molecule has 0 nitrogen and oxygen atoms in total. The molecule has 0 aliphatic carbocycles. The van der Waals surface area contributed by atoms with E-state index >= 15 is 0 Å². The SMILES string of the molecule is C/C=C(\CCCCCCCCCCCC)c1cccc(C)c1C. The van der Waals surface area contributed by atoms with E-state index in [-0.39, 0.29) is 0 Å². The summed E-state index contributed by atoms with van der Waals surface area (Å²) in [6.45, 7) is 8.95. The highest BCUT2D eigenvalue weighted by atomic mass is 14.1. The summed E-state index contributed by atoms with van der Waals surface area (Å²) in [5, 5.41) is 0. The van der Waals surface area contributed by atoms with Crippen LogP contribution < -0.4 is 0 Å². The number of unbranched alkanes of at least 4 members (excludes halogenated alkanes) is 9. The van der Waals surface area contributed by atoms with Crippen LogP contribution in [0.5, 0.6) is 0 Å². The molecule has 0 saturated carbocycles. The molecule has 0 heterocycles. The van der Waals surface area contributed by atoms with Gasteiger partial charge in [0, 0.05) is 0 Å². The molecule has 0 spiro atoms. The fourth-order valence-electron chi connectivity index (χ4n) is 3.34. The van der Waals surface area contributed by atoms with Gasteiger partial charge >= 0.3 is 0 Å². The van der Waals surface area contributed by atoms with Crippen LogP contribution in [0.25, 0.3) is 5.57 Å². The second-order valence-electron chi connectivity index (χ2n) is 6.99. The van der Waals surface area contributed by atoms with Crippen molar-refractivity contribution < 1.29 is 0 Å². The number of rotatable bonds is 12. The minimum Gasteiger partial charge on any atom is -0.0838 e. The van der Waals surface area contributed by atoms with Crippen molar-refractivity contribution in [2.45, 2.75) is 98.3 Å². The summed E-state index contributed by atoms with van der Waals surface area (Å²) in [5.41, 5.74) is 5.85. The molecule has 0 fully saturated rings. The predicted octanol–water partition coefficient (Wildman–Crippen LogP) is 8.02. The average Bonchev–Trinajstić information content (AvgIpc) is 2.56. The van der Waals surface area contributed by atoms with Crippen LogP contribution >= 0.6 is 0 Å². The van der Waals surface area contributed by atoms with Crippen molar-refractivity contribution in [3.63, 3.8) is 0 Å². The first-order chi connectivity index (χ1) is 11.2. The smallest absolute Gasteiger partial charge is 0.0196 e. The molecule has 130 valence electrons. The van der Waals surface area contributed by atoms with E-state index in [0.29, 0.717) is 0 Å². The summed E-state index contributed by atoms with van der Waals surface area (Å²) in [5.74, 6) is 0. The summed E-state index contributed by atoms with van der Waals surface area (Å²) < 4.78 is 0. The molecule has 0 heteroatoms. The first-order valence-corrected chi connectivity index (χ1v) is 9.92. The maximum Gasteiger partial charge on any atom is -0.0196 e. The number of benzene rings is 1. The Bertz CT molecular complexity index is 453. The fraction of sp³-hybridized carbons (Fsp3) is 0.652. The topological polar surface area (TPSA) is 0 Å². The fourth-order valence-corrected chi connectivity index (χ4v) is 3.34. The number of aryl methyl sites for hydroxylation is 1. The molecule has 0 saturated heterocycles. The Morgan fingerprint density at radius 3 is 1.96 bits per heavy atom. The zero-order valence-corrected chi connectivity index (χ0v) is 16.1. The molecule has 0 aliphatic heterocycles. The van der Waals surface area contributed by atoms with E-state index in [1.165, 1.54) is 92.9 Å². The van der Waals surface area contributed by atoms with Gasteiger partial charge < -0.3 is 0 Å². The highest BCUT2D eigenvalue weighted by Crippen LogP contribution is 2.26. The summed E-state index contributed by atoms with van der Waals surface area (Å²) in [4.78, 5) is 0. The molecule has 23 heavy (non-hydrogen) atoms. The van der Waals surface area contributed by atoms with Gasteiger partial charge in [0.25, 0.3) is 0 Å². The van der Waals surface area contributed by atoms with Gasteiger partial charge in [-0.25, -0.2) is 0 Å². The predicted molar refractivity (Wildman–Crippen MR) is 106 cm³/mol. The number of allylic oxidation sites excluding steroid dienone is 2. The quantitative estimate of drug-likeness (QED) is 0.343. The Morgan fingerprint density at radius 1 is 0.826 bits per heavy atom. The van der Waals surface area contributed by atoms with Crippen LogP contribution in [0.15, 0.2) is 24.3 Å². The molecule has 0 atom stereocenters. The lowest BCUT2D eigenvalue weighted by atomic mass is 9.93. The maximum atomic E-state index is 2.31. The van der Waals surface area contributed by atoms with Crippen molar-refractivity contribution in [2.75, 3.05) is 0 Å². The normalized spacial score (nSPS) is 11.9. The zero-order valence-electron chi connectivity index (χ0n) is 16.1. The number of hydrogen-bond acceptors (Lipinski definition) is 0. The van der Waals surface area contributed by atoms with Gasteiger partial charge in [0.15, 0.2) is 0 Å². The molecular formula is C23H38. The van der Waals surface area contributed by atoms with Crippen LogP contribution in [0.4, 0.5) is 0 Å². The number of hydrogen-bond donors (Lipinski definition) is 0. The standard InChI is InChI=1S/C23H38/c1-5-7-8-9-10-11-12-13-14-15-18-22(6-2)23-19-16-17-20(3)21(23)4/h6,16-17,19H,5,7-15,18H2,1-4H3/b22-6+. The monoisotopic (exact) mass is 314 g/mol. The van der Waals surface area contributed by atoms with Gasteiger partial charge in [-0.05, 0) is 55.9 Å². The third-order valence-electron chi connectivity index (χ3n) is 5.10. The Kier molecular flexibility index (Phi) is 10.8. The molecule has 0 radical (unpaired) electrons. The Morgan fingerprint density at radius 2 is 1.39 bits per heavy atom. The van der Waals surface area contributed by atoms with E-state index in [0.717, 1.165) is 0 Å². The lowest BCUT2D eigenvalue weighted by Crippen LogP contribution is -1.92. The van der Waals surface area contributed by atoms with Crippen LogP contribution in [-0.2, 0) is 0 Å². The molecule has 0 amide bonds. The van der Waals surface area contributed by atoms with Gasteiger partial charge in [-0.2, -0.15) is 0 Å². The lowest BCUT2D eigenvalue weighted by molar-refractivity contribution is 0.558. The van der Waals surface area contributed by atoms with E-state index < -0.39 is 0 Å². The average molecular weight is 315 g/mol. The van der Waals surface area contributed by atoms with Gasteiger partial charge in [-0.3, -0.25) is 0 Å². The summed E-state index contributed by atoms with van der Waals surface area (Å²) in [6, 6.07) is 6.69. The molecule has 1 rings (SSSR count). The van der Waals surface area contributed by atoms with Crippen molar-refractivity contribution in [2.24, 2.45) is 0 Å². The third-order valence-corrected chi connectivity index (χ3v) is 5.10. The second-order valence-corrected chi connectivity index (χ2v) is 6.99. The van der Waals surface area contributed by atoms with E-state index in [2.05, 4.69) is 52.0 Å². The first-order valence-electron chi connectivity index (χ1n) is 9.92. The molecule has 1 aromatic rings. The van der Waals surface area contributed by atoms with Crippen molar-refractivity contribution in [3.05, 3.63) is 41.0 Å². The van der Waals surface area contributed by atoms with Crippen molar-refractivity contribution in [1.29, 1.82) is 0 Å². The third kappa shape index (κ3) is 7.86. The summed E-state index contributed by atoms with van der Waals surface area (Å²) >= 11 is 0. The highest BCUT2D eigenvalue weighted by molar-refractivity contribution is 5.68. The van der Waals surface area contributed by atoms with Crippen LogP contribution in [-0.4, -0.2) is 0 Å². The molecule has 0 bridgehead atoms. The van der Waals surface area contributed by atoms with Crippen LogP contribution in [0.1, 0.15) is 101 Å². The van der Waals surface area contributed by atoms with Gasteiger partial charge in [0.2, 0.25) is 0 Å². The van der Waals surface area contributed by atoms with Gasteiger partial charge in [-0.1, -0.05) is 89.0 Å². The van der Waals surface area contributed by atoms with Crippen LogP contribution in [0.3, 0.4) is 0 Å². The van der Waals surface area contributed by atoms with E-state index in [4.69, 9.17) is 0 Å². The minimum atomic E-state index is 1.23. The van der Waals surface area contributed by atoms with Crippen molar-refractivity contribution in [3.8, 4) is 0 Å².